The number of urea groups is 1. The number of carbonyl (C=O) groups excluding carboxylic acids is 1. The summed E-state index contributed by atoms with van der Waals surface area (Å²) in [5, 5.41) is 11.1. The third-order valence-corrected chi connectivity index (χ3v) is 2.89. The van der Waals surface area contributed by atoms with Gasteiger partial charge in [0.2, 0.25) is 0 Å². The zero-order chi connectivity index (χ0) is 12.3. The fourth-order valence-corrected chi connectivity index (χ4v) is 1.69. The molecule has 6 nitrogen and oxygen atoms in total. The topological polar surface area (TPSA) is 72.9 Å². The van der Waals surface area contributed by atoms with Crippen molar-refractivity contribution >= 4 is 12.0 Å². The van der Waals surface area contributed by atoms with Crippen molar-refractivity contribution in [2.45, 2.75) is 25.4 Å². The maximum atomic E-state index is 11.7. The highest BCUT2D eigenvalue weighted by Crippen LogP contribution is 2.12. The fraction of sp³-hybridized carbons (Fsp3) is 0.800. The molecule has 0 radical (unpaired) electrons. The largest absolute Gasteiger partial charge is 0.480 e. The molecule has 6 heteroatoms. The van der Waals surface area contributed by atoms with Crippen molar-refractivity contribution in [3.8, 4) is 0 Å². The molecular formula is C10H19N3O3. The molecule has 1 aliphatic rings. The Morgan fingerprint density at radius 3 is 2.56 bits per heavy atom. The Balaban J connectivity index is 2.42. The Hall–Kier alpha value is -1.30. The number of hydrogen-bond donors (Lipinski definition) is 2. The second kappa shape index (κ2) is 5.16. The zero-order valence-corrected chi connectivity index (χ0v) is 9.93. The van der Waals surface area contributed by atoms with Gasteiger partial charge in [-0.2, -0.15) is 0 Å². The van der Waals surface area contributed by atoms with Gasteiger partial charge in [-0.3, -0.25) is 4.79 Å². The highest BCUT2D eigenvalue weighted by Gasteiger charge is 2.28. The quantitative estimate of drug-likeness (QED) is 0.703. The summed E-state index contributed by atoms with van der Waals surface area (Å²) in [6.45, 7) is 2.80. The molecule has 16 heavy (non-hydrogen) atoms. The minimum absolute atomic E-state index is 0.292. The van der Waals surface area contributed by atoms with Crippen LogP contribution in [0.25, 0.3) is 0 Å². The third-order valence-electron chi connectivity index (χ3n) is 2.89. The van der Waals surface area contributed by atoms with Crippen LogP contribution in [0.1, 0.15) is 13.3 Å². The summed E-state index contributed by atoms with van der Waals surface area (Å²) in [6.07, 6.45) is 0.932. The van der Waals surface area contributed by atoms with E-state index in [0.717, 1.165) is 6.42 Å². The Bertz CT molecular complexity index is 280. The molecule has 0 aromatic carbocycles. The second-order valence-corrected chi connectivity index (χ2v) is 4.36. The first-order chi connectivity index (χ1) is 7.41. The van der Waals surface area contributed by atoms with Crippen LogP contribution in [0.15, 0.2) is 0 Å². The monoisotopic (exact) mass is 229 g/mol. The van der Waals surface area contributed by atoms with E-state index in [1.54, 1.807) is 4.90 Å². The van der Waals surface area contributed by atoms with Crippen molar-refractivity contribution in [1.29, 1.82) is 0 Å². The average Bonchev–Trinajstić information content (AvgIpc) is 2.65. The lowest BCUT2D eigenvalue weighted by molar-refractivity contribution is -0.138. The summed E-state index contributed by atoms with van der Waals surface area (Å²) in [7, 11) is 3.96. The summed E-state index contributed by atoms with van der Waals surface area (Å²) >= 11 is 0. The molecule has 0 aliphatic carbocycles. The first-order valence-corrected chi connectivity index (χ1v) is 5.36. The predicted octanol–water partition coefficient (Wildman–Crippen LogP) is -0.195. The molecule has 1 heterocycles. The van der Waals surface area contributed by atoms with E-state index in [0.29, 0.717) is 19.1 Å². The highest BCUT2D eigenvalue weighted by molar-refractivity contribution is 5.82. The van der Waals surface area contributed by atoms with Crippen LogP contribution in [0, 0.1) is 0 Å². The van der Waals surface area contributed by atoms with Crippen LogP contribution < -0.4 is 5.32 Å². The van der Waals surface area contributed by atoms with Gasteiger partial charge < -0.3 is 20.2 Å². The number of rotatable bonds is 3. The second-order valence-electron chi connectivity index (χ2n) is 4.36. The van der Waals surface area contributed by atoms with Crippen LogP contribution in [0.4, 0.5) is 4.79 Å². The van der Waals surface area contributed by atoms with Gasteiger partial charge in [0.1, 0.15) is 6.04 Å². The van der Waals surface area contributed by atoms with Crippen LogP contribution >= 0.6 is 0 Å². The van der Waals surface area contributed by atoms with E-state index in [1.807, 2.05) is 14.1 Å². The van der Waals surface area contributed by atoms with Crippen molar-refractivity contribution in [1.82, 2.24) is 15.1 Å². The molecule has 0 aromatic heterocycles. The lowest BCUT2D eigenvalue weighted by atomic mass is 10.2. The smallest absolute Gasteiger partial charge is 0.325 e. The van der Waals surface area contributed by atoms with Crippen molar-refractivity contribution in [3.05, 3.63) is 0 Å². The summed E-state index contributed by atoms with van der Waals surface area (Å²) in [4.78, 5) is 26.0. The molecule has 1 unspecified atom stereocenters. The molecule has 0 bridgehead atoms. The number of amides is 2. The summed E-state index contributed by atoms with van der Waals surface area (Å²) in [5.74, 6) is -1.02. The van der Waals surface area contributed by atoms with Gasteiger partial charge in [-0.15, -0.1) is 0 Å². The molecule has 1 fully saturated rings. The van der Waals surface area contributed by atoms with Crippen molar-refractivity contribution in [2.75, 3.05) is 27.2 Å². The number of likely N-dealkylation sites (tertiary alicyclic amines) is 1. The zero-order valence-electron chi connectivity index (χ0n) is 9.93. The standard InChI is InChI=1S/C10H19N3O3/c1-7(9(14)15)11-10(16)13-5-4-8(6-13)12(2)3/h7-8H,4-6H2,1-3H3,(H,11,16)(H,14,15)/t7-,8?/m1/s1. The van der Waals surface area contributed by atoms with Gasteiger partial charge in [0.25, 0.3) is 0 Å². The van der Waals surface area contributed by atoms with Gasteiger partial charge in [-0.25, -0.2) is 4.79 Å². The number of aliphatic carboxylic acids is 1. The lowest BCUT2D eigenvalue weighted by Gasteiger charge is -2.21. The minimum atomic E-state index is -1.02. The molecule has 92 valence electrons. The van der Waals surface area contributed by atoms with Gasteiger partial charge in [0.15, 0.2) is 0 Å². The van der Waals surface area contributed by atoms with Gasteiger partial charge in [0.05, 0.1) is 0 Å². The molecule has 2 N–H and O–H groups in total. The van der Waals surface area contributed by atoms with Crippen LogP contribution in [-0.4, -0.2) is 66.2 Å². The normalized spacial score (nSPS) is 22.2. The summed E-state index contributed by atoms with van der Waals surface area (Å²) in [5.41, 5.74) is 0. The molecule has 0 aromatic rings. The van der Waals surface area contributed by atoms with E-state index in [1.165, 1.54) is 6.92 Å². The molecule has 2 atom stereocenters. The van der Waals surface area contributed by atoms with Crippen molar-refractivity contribution < 1.29 is 14.7 Å². The van der Waals surface area contributed by atoms with Gasteiger partial charge >= 0.3 is 12.0 Å². The number of carboxylic acid groups (broad SMARTS) is 1. The molecule has 2 amide bonds. The van der Waals surface area contributed by atoms with Gasteiger partial charge in [-0.1, -0.05) is 0 Å². The van der Waals surface area contributed by atoms with E-state index < -0.39 is 12.0 Å². The van der Waals surface area contributed by atoms with E-state index in [2.05, 4.69) is 10.2 Å². The Morgan fingerprint density at radius 1 is 1.50 bits per heavy atom. The van der Waals surface area contributed by atoms with Gasteiger partial charge in [-0.05, 0) is 27.4 Å². The fourth-order valence-electron chi connectivity index (χ4n) is 1.69. The van der Waals surface area contributed by atoms with Crippen LogP contribution in [0.5, 0.6) is 0 Å². The Kier molecular flexibility index (Phi) is 4.12. The van der Waals surface area contributed by atoms with E-state index in [4.69, 9.17) is 5.11 Å². The molecule has 1 aliphatic heterocycles. The molecule has 1 saturated heterocycles. The molecule has 1 rings (SSSR count). The number of hydrogen-bond acceptors (Lipinski definition) is 3. The molecule has 0 saturated carbocycles. The highest BCUT2D eigenvalue weighted by atomic mass is 16.4. The number of nitrogens with one attached hydrogen (secondary N) is 1. The third kappa shape index (κ3) is 3.10. The van der Waals surface area contributed by atoms with Crippen molar-refractivity contribution in [3.63, 3.8) is 0 Å². The van der Waals surface area contributed by atoms with Gasteiger partial charge in [0, 0.05) is 19.1 Å². The first-order valence-electron chi connectivity index (χ1n) is 5.36. The lowest BCUT2D eigenvalue weighted by Crippen LogP contribution is -2.46. The maximum Gasteiger partial charge on any atom is 0.325 e. The minimum Gasteiger partial charge on any atom is -0.480 e. The summed E-state index contributed by atoms with van der Waals surface area (Å²) < 4.78 is 0. The number of likely N-dealkylation sites (N-methyl/N-ethyl adjacent to an activating group) is 1. The molecular weight excluding hydrogens is 210 g/mol. The maximum absolute atomic E-state index is 11.7. The van der Waals surface area contributed by atoms with Crippen LogP contribution in [0.2, 0.25) is 0 Å². The van der Waals surface area contributed by atoms with Crippen LogP contribution in [-0.2, 0) is 4.79 Å². The van der Waals surface area contributed by atoms with Crippen LogP contribution in [0.3, 0.4) is 0 Å². The number of carbonyl (C=O) groups is 2. The average molecular weight is 229 g/mol. The Labute approximate surface area is 95.2 Å². The summed E-state index contributed by atoms with van der Waals surface area (Å²) in [6, 6.07) is -0.768. The SMILES string of the molecule is C[C@@H](NC(=O)N1CCC(N(C)C)C1)C(=O)O. The van der Waals surface area contributed by atoms with Crippen molar-refractivity contribution in [2.24, 2.45) is 0 Å². The first kappa shape index (κ1) is 12.8. The van der Waals surface area contributed by atoms with E-state index in [-0.39, 0.29) is 6.03 Å². The van der Waals surface area contributed by atoms with E-state index >= 15 is 0 Å². The Morgan fingerprint density at radius 2 is 2.12 bits per heavy atom. The predicted molar refractivity (Wildman–Crippen MR) is 59.3 cm³/mol. The number of nitrogens with zero attached hydrogens (tertiary/aromatic N) is 2. The molecule has 0 spiro atoms. The van der Waals surface area contributed by atoms with E-state index in [9.17, 15) is 9.59 Å². The number of carboxylic acids is 1.